The molecule has 7 nitrogen and oxygen atoms in total. The summed E-state index contributed by atoms with van der Waals surface area (Å²) in [6.45, 7) is -0.00983. The van der Waals surface area contributed by atoms with Crippen LogP contribution in [0.25, 0.3) is 10.7 Å². The molecule has 100 valence electrons. The van der Waals surface area contributed by atoms with Crippen molar-refractivity contribution < 1.29 is 9.90 Å². The number of tetrazole rings is 1. The molecule has 0 aliphatic heterocycles. The molecule has 0 bridgehead atoms. The van der Waals surface area contributed by atoms with Gasteiger partial charge < -0.3 is 10.4 Å². The maximum Gasteiger partial charge on any atom is 0.244 e. The van der Waals surface area contributed by atoms with E-state index in [9.17, 15) is 4.79 Å². The molecule has 2 aromatic rings. The van der Waals surface area contributed by atoms with Crippen molar-refractivity contribution in [1.82, 2.24) is 25.5 Å². The van der Waals surface area contributed by atoms with E-state index in [4.69, 9.17) is 5.11 Å². The largest absolute Gasteiger partial charge is 0.394 e. The lowest BCUT2D eigenvalue weighted by atomic mass is 10.3. The summed E-state index contributed by atoms with van der Waals surface area (Å²) in [4.78, 5) is 14.0. The SMILES string of the molecule is O=C(Cn1nnc(-c2cccs2)n1)NC1(CO)CC1. The third kappa shape index (κ3) is 2.64. The average molecular weight is 279 g/mol. The average Bonchev–Trinajstić information content (AvgIpc) is 2.85. The predicted molar refractivity (Wildman–Crippen MR) is 68.3 cm³/mol. The number of hydrogen-bond acceptors (Lipinski definition) is 6. The van der Waals surface area contributed by atoms with Gasteiger partial charge in [-0.25, -0.2) is 0 Å². The monoisotopic (exact) mass is 279 g/mol. The molecule has 0 unspecified atom stereocenters. The molecule has 1 fully saturated rings. The van der Waals surface area contributed by atoms with Gasteiger partial charge in [-0.3, -0.25) is 4.79 Å². The zero-order valence-corrected chi connectivity index (χ0v) is 10.9. The molecule has 0 atom stereocenters. The molecule has 19 heavy (non-hydrogen) atoms. The van der Waals surface area contributed by atoms with Crippen LogP contribution in [-0.2, 0) is 11.3 Å². The van der Waals surface area contributed by atoms with Crippen LogP contribution < -0.4 is 5.32 Å². The van der Waals surface area contributed by atoms with Gasteiger partial charge in [-0.15, -0.1) is 21.5 Å². The molecule has 1 saturated carbocycles. The van der Waals surface area contributed by atoms with Crippen LogP contribution in [0.4, 0.5) is 0 Å². The standard InChI is InChI=1S/C11H13N5O2S/c17-7-11(3-4-11)12-9(18)6-16-14-10(13-15-16)8-2-1-5-19-8/h1-2,5,17H,3-4,6-7H2,(H,12,18). The van der Waals surface area contributed by atoms with Gasteiger partial charge in [-0.1, -0.05) is 6.07 Å². The van der Waals surface area contributed by atoms with Crippen molar-refractivity contribution in [3.05, 3.63) is 17.5 Å². The lowest BCUT2D eigenvalue weighted by molar-refractivity contribution is -0.123. The normalized spacial score (nSPS) is 16.3. The van der Waals surface area contributed by atoms with E-state index in [1.165, 1.54) is 16.1 Å². The lowest BCUT2D eigenvalue weighted by Crippen LogP contribution is -2.41. The highest BCUT2D eigenvalue weighted by atomic mass is 32.1. The van der Waals surface area contributed by atoms with Gasteiger partial charge in [-0.2, -0.15) is 4.80 Å². The van der Waals surface area contributed by atoms with Gasteiger partial charge in [0.15, 0.2) is 0 Å². The van der Waals surface area contributed by atoms with Crippen LogP contribution in [0.2, 0.25) is 0 Å². The Labute approximate surface area is 113 Å². The zero-order valence-electron chi connectivity index (χ0n) is 10.1. The summed E-state index contributed by atoms with van der Waals surface area (Å²) in [7, 11) is 0. The van der Waals surface area contributed by atoms with Gasteiger partial charge in [0.1, 0.15) is 6.54 Å². The van der Waals surface area contributed by atoms with E-state index in [2.05, 4.69) is 20.7 Å². The van der Waals surface area contributed by atoms with Crippen LogP contribution in [0.5, 0.6) is 0 Å². The minimum atomic E-state index is -0.408. The highest BCUT2D eigenvalue weighted by Crippen LogP contribution is 2.34. The summed E-state index contributed by atoms with van der Waals surface area (Å²) in [6.07, 6.45) is 1.64. The molecule has 0 saturated heterocycles. The van der Waals surface area contributed by atoms with E-state index in [1.807, 2.05) is 17.5 Å². The van der Waals surface area contributed by atoms with Crippen molar-refractivity contribution in [3.63, 3.8) is 0 Å². The quantitative estimate of drug-likeness (QED) is 0.806. The Hall–Kier alpha value is -1.80. The van der Waals surface area contributed by atoms with Crippen LogP contribution >= 0.6 is 11.3 Å². The minimum Gasteiger partial charge on any atom is -0.394 e. The summed E-state index contributed by atoms with van der Waals surface area (Å²) in [5.41, 5.74) is -0.408. The van der Waals surface area contributed by atoms with E-state index < -0.39 is 5.54 Å². The second-order valence-corrected chi connectivity index (χ2v) is 5.56. The van der Waals surface area contributed by atoms with E-state index >= 15 is 0 Å². The molecule has 1 aliphatic rings. The van der Waals surface area contributed by atoms with E-state index in [-0.39, 0.29) is 19.1 Å². The summed E-state index contributed by atoms with van der Waals surface area (Å²) >= 11 is 1.52. The fraction of sp³-hybridized carbons (Fsp3) is 0.455. The van der Waals surface area contributed by atoms with E-state index in [0.29, 0.717) is 5.82 Å². The molecule has 2 heterocycles. The zero-order chi connectivity index (χ0) is 13.3. The molecule has 2 N–H and O–H groups in total. The maximum absolute atomic E-state index is 11.8. The summed E-state index contributed by atoms with van der Waals surface area (Å²) in [5, 5.41) is 25.8. The predicted octanol–water partition coefficient (Wildman–Crippen LogP) is 0.0427. The Bertz CT molecular complexity index is 576. The van der Waals surface area contributed by atoms with Crippen molar-refractivity contribution in [3.8, 4) is 10.7 Å². The van der Waals surface area contributed by atoms with E-state index in [0.717, 1.165) is 17.7 Å². The summed E-state index contributed by atoms with van der Waals surface area (Å²) in [6, 6.07) is 3.81. The highest BCUT2D eigenvalue weighted by Gasteiger charge is 2.43. The van der Waals surface area contributed by atoms with Gasteiger partial charge in [-0.05, 0) is 29.5 Å². The first kappa shape index (κ1) is 12.2. The molecule has 2 aromatic heterocycles. The molecule has 0 spiro atoms. The third-order valence-electron chi connectivity index (χ3n) is 3.04. The van der Waals surface area contributed by atoms with Gasteiger partial charge in [0.25, 0.3) is 0 Å². The number of carbonyl (C=O) groups is 1. The Morgan fingerprint density at radius 1 is 1.58 bits per heavy atom. The molecule has 8 heteroatoms. The van der Waals surface area contributed by atoms with Gasteiger partial charge in [0.05, 0.1) is 17.0 Å². The number of thiophene rings is 1. The van der Waals surface area contributed by atoms with Gasteiger partial charge in [0.2, 0.25) is 11.7 Å². The topological polar surface area (TPSA) is 92.9 Å². The smallest absolute Gasteiger partial charge is 0.244 e. The van der Waals surface area contributed by atoms with Crippen molar-refractivity contribution in [2.75, 3.05) is 6.61 Å². The van der Waals surface area contributed by atoms with Crippen LogP contribution in [0, 0.1) is 0 Å². The number of amides is 1. The molecule has 0 radical (unpaired) electrons. The fourth-order valence-corrected chi connectivity index (χ4v) is 2.40. The summed E-state index contributed by atoms with van der Waals surface area (Å²) < 4.78 is 0. The highest BCUT2D eigenvalue weighted by molar-refractivity contribution is 7.13. The molecular weight excluding hydrogens is 266 g/mol. The number of aliphatic hydroxyl groups excluding tert-OH is 1. The lowest BCUT2D eigenvalue weighted by Gasteiger charge is -2.13. The number of aliphatic hydroxyl groups is 1. The Kier molecular flexibility index (Phi) is 3.03. The van der Waals surface area contributed by atoms with Crippen molar-refractivity contribution >= 4 is 17.2 Å². The Morgan fingerprint density at radius 2 is 2.42 bits per heavy atom. The first-order valence-electron chi connectivity index (χ1n) is 5.94. The van der Waals surface area contributed by atoms with Crippen LogP contribution in [0.1, 0.15) is 12.8 Å². The van der Waals surface area contributed by atoms with Crippen molar-refractivity contribution in [2.45, 2.75) is 24.9 Å². The molecule has 1 amide bonds. The second-order valence-electron chi connectivity index (χ2n) is 4.61. The molecule has 3 rings (SSSR count). The van der Waals surface area contributed by atoms with Crippen molar-refractivity contribution in [2.24, 2.45) is 0 Å². The molecular formula is C11H13N5O2S. The van der Waals surface area contributed by atoms with Crippen LogP contribution in [0.15, 0.2) is 17.5 Å². The van der Waals surface area contributed by atoms with Crippen molar-refractivity contribution in [1.29, 1.82) is 0 Å². The third-order valence-corrected chi connectivity index (χ3v) is 3.91. The van der Waals surface area contributed by atoms with Crippen LogP contribution in [0.3, 0.4) is 0 Å². The van der Waals surface area contributed by atoms with Crippen LogP contribution in [-0.4, -0.2) is 43.4 Å². The molecule has 0 aromatic carbocycles. The number of hydrogen-bond donors (Lipinski definition) is 2. The Morgan fingerprint density at radius 3 is 3.05 bits per heavy atom. The maximum atomic E-state index is 11.8. The number of aromatic nitrogens is 4. The second kappa shape index (κ2) is 4.71. The molecule has 1 aliphatic carbocycles. The first-order chi connectivity index (χ1) is 9.21. The van der Waals surface area contributed by atoms with Gasteiger partial charge >= 0.3 is 0 Å². The fourth-order valence-electron chi connectivity index (χ4n) is 1.75. The summed E-state index contributed by atoms with van der Waals surface area (Å²) in [5.74, 6) is 0.313. The van der Waals surface area contributed by atoms with Gasteiger partial charge in [0, 0.05) is 0 Å². The number of nitrogens with one attached hydrogen (secondary N) is 1. The van der Waals surface area contributed by atoms with E-state index in [1.54, 1.807) is 0 Å². The number of carbonyl (C=O) groups excluding carboxylic acids is 1. The Balaban J connectivity index is 1.63. The minimum absolute atomic E-state index is 0.0140. The number of rotatable bonds is 5. The first-order valence-corrected chi connectivity index (χ1v) is 6.82. The number of nitrogens with zero attached hydrogens (tertiary/aromatic N) is 4.